The number of amides is 1. The van der Waals surface area contributed by atoms with Crippen LogP contribution in [0.3, 0.4) is 0 Å². The molecule has 18 nitrogen and oxygen atoms in total. The number of unbranched alkanes of at least 4 members (excludes halogenated alkanes) is 20. The smallest absolute Gasteiger partial charge is 0.410 e. The molecule has 2 atom stereocenters. The third kappa shape index (κ3) is 38.9. The summed E-state index contributed by atoms with van der Waals surface area (Å²) < 4.78 is 39.1. The summed E-state index contributed by atoms with van der Waals surface area (Å²) in [7, 11) is 3.66. The average Bonchev–Trinajstić information content (AvgIpc) is 3.54. The Morgan fingerprint density at radius 3 is 0.945 bits per heavy atom. The largest absolute Gasteiger partial charge is 0.465 e. The van der Waals surface area contributed by atoms with E-state index in [0.717, 1.165) is 128 Å². The summed E-state index contributed by atoms with van der Waals surface area (Å²) >= 11 is 0. The summed E-state index contributed by atoms with van der Waals surface area (Å²) in [5.41, 5.74) is 0. The van der Waals surface area contributed by atoms with Gasteiger partial charge in [-0.1, -0.05) is 156 Å². The molecule has 0 saturated heterocycles. The van der Waals surface area contributed by atoms with Gasteiger partial charge in [-0.2, -0.15) is 0 Å². The van der Waals surface area contributed by atoms with Crippen LogP contribution in [0.5, 0.6) is 0 Å². The van der Waals surface area contributed by atoms with Gasteiger partial charge in [0.05, 0.1) is 78.8 Å². The van der Waals surface area contributed by atoms with E-state index >= 15 is 0 Å². The van der Waals surface area contributed by atoms with Crippen LogP contribution in [-0.2, 0) is 61.9 Å². The Labute approximate surface area is 439 Å². The zero-order valence-corrected chi connectivity index (χ0v) is 46.2. The van der Waals surface area contributed by atoms with E-state index in [2.05, 4.69) is 27.7 Å². The van der Waals surface area contributed by atoms with Crippen molar-refractivity contribution >= 4 is 41.9 Å². The molecular formula is C55H98N4O14. The average molecular weight is 1040 g/mol. The predicted octanol–water partition coefficient (Wildman–Crippen LogP) is 8.60. The lowest BCUT2D eigenvalue weighted by Crippen LogP contribution is -2.44. The maximum atomic E-state index is 13.6. The summed E-state index contributed by atoms with van der Waals surface area (Å²) in [5, 5.41) is 0. The Morgan fingerprint density at radius 1 is 0.384 bits per heavy atom. The van der Waals surface area contributed by atoms with Crippen molar-refractivity contribution in [1.29, 1.82) is 0 Å². The van der Waals surface area contributed by atoms with Crippen LogP contribution in [0.4, 0.5) is 4.79 Å². The van der Waals surface area contributed by atoms with E-state index in [4.69, 9.17) is 33.2 Å². The number of esters is 6. The van der Waals surface area contributed by atoms with Crippen LogP contribution in [0.25, 0.3) is 0 Å². The second-order valence-electron chi connectivity index (χ2n) is 19.5. The predicted molar refractivity (Wildman–Crippen MR) is 281 cm³/mol. The molecule has 0 aromatic rings. The molecule has 1 aliphatic heterocycles. The third-order valence-electron chi connectivity index (χ3n) is 12.1. The molecule has 0 spiro atoms. The third-order valence-corrected chi connectivity index (χ3v) is 12.1. The van der Waals surface area contributed by atoms with Crippen molar-refractivity contribution < 1.29 is 66.7 Å². The Balaban J connectivity index is 3.15. The maximum absolute atomic E-state index is 13.6. The summed E-state index contributed by atoms with van der Waals surface area (Å²) in [6.45, 7) is 7.28. The highest BCUT2D eigenvalue weighted by atomic mass is 16.6. The van der Waals surface area contributed by atoms with Gasteiger partial charge in [0.2, 0.25) is 0 Å². The number of carbonyl (C=O) groups is 7. The lowest BCUT2D eigenvalue weighted by atomic mass is 10.1. The highest BCUT2D eigenvalue weighted by molar-refractivity contribution is 5.79. The monoisotopic (exact) mass is 1040 g/mol. The van der Waals surface area contributed by atoms with Crippen LogP contribution in [0.15, 0.2) is 12.2 Å². The first-order chi connectivity index (χ1) is 35.3. The number of nitrogens with zero attached hydrogens (tertiary/aromatic N) is 4. The van der Waals surface area contributed by atoms with Gasteiger partial charge in [-0.05, 0) is 51.9 Å². The van der Waals surface area contributed by atoms with Gasteiger partial charge in [0.15, 0.2) is 0 Å². The zero-order valence-electron chi connectivity index (χ0n) is 46.2. The lowest BCUT2D eigenvalue weighted by Gasteiger charge is -2.27. The van der Waals surface area contributed by atoms with Gasteiger partial charge in [0, 0.05) is 6.54 Å². The maximum Gasteiger partial charge on any atom is 0.410 e. The molecule has 1 rings (SSSR count). The van der Waals surface area contributed by atoms with E-state index in [9.17, 15) is 33.6 Å². The van der Waals surface area contributed by atoms with Crippen molar-refractivity contribution in [3.8, 4) is 0 Å². The van der Waals surface area contributed by atoms with Crippen LogP contribution in [0.2, 0.25) is 0 Å². The first kappa shape index (κ1) is 66.7. The summed E-state index contributed by atoms with van der Waals surface area (Å²) in [6, 6.07) is 0. The number of ether oxygens (including phenoxy) is 7. The molecular weight excluding hydrogens is 941 g/mol. The van der Waals surface area contributed by atoms with Gasteiger partial charge in [-0.3, -0.25) is 38.6 Å². The highest BCUT2D eigenvalue weighted by Gasteiger charge is 2.31. The number of likely N-dealkylation sites (N-methyl/N-ethyl adjacent to an activating group) is 1. The van der Waals surface area contributed by atoms with E-state index in [1.54, 1.807) is 0 Å². The minimum atomic E-state index is -1.04. The molecule has 0 fully saturated rings. The normalized spacial score (nSPS) is 14.5. The summed E-state index contributed by atoms with van der Waals surface area (Å²) in [6.07, 6.45) is 24.5. The Kier molecular flexibility index (Phi) is 41.3. The number of carbonyl (C=O) groups excluding carboxylic acids is 7. The molecule has 0 aliphatic carbocycles. The first-order valence-corrected chi connectivity index (χ1v) is 28.0. The van der Waals surface area contributed by atoms with Gasteiger partial charge < -0.3 is 43.0 Å². The van der Waals surface area contributed by atoms with E-state index in [-0.39, 0.29) is 72.3 Å². The molecule has 73 heavy (non-hydrogen) atoms. The molecule has 0 radical (unpaired) electrons. The van der Waals surface area contributed by atoms with Crippen molar-refractivity contribution in [2.45, 2.75) is 194 Å². The Bertz CT molecular complexity index is 1370. The topological polar surface area (TPSA) is 197 Å². The van der Waals surface area contributed by atoms with Gasteiger partial charge in [-0.15, -0.1) is 0 Å². The van der Waals surface area contributed by atoms with Gasteiger partial charge in [0.25, 0.3) is 0 Å². The molecule has 0 aromatic carbocycles. The molecule has 0 aromatic heterocycles. The van der Waals surface area contributed by atoms with Crippen molar-refractivity contribution in [3.63, 3.8) is 0 Å². The molecule has 1 aliphatic rings. The molecule has 0 saturated carbocycles. The SMILES string of the molecule is CCCCCCCCOC(=O)CN(CC(=O)OCCCCCCCC)CC(=O)O[C@H]1C=C[C@H](OC(=O)CN(CC(=O)OCCCCCCCC)CC(=O)OCCCCCCCC)CN(C(=O)OCCN(C)C)C1. The van der Waals surface area contributed by atoms with E-state index in [1.807, 2.05) is 19.0 Å². The molecule has 0 N–H and O–H groups in total. The standard InChI is InChI=1S/C55H98N4O14/c1-7-11-15-19-23-27-34-67-49(60)41-57(42-50(61)68-35-28-24-20-16-12-8-2)45-53(64)72-47-31-32-48(40-59(39-47)55(66)71-38-33-56(5)6)73-54(65)46-58(43-51(62)69-36-29-25-21-17-13-9-3)44-52(63)70-37-30-26-22-18-14-10-4/h31-32,47-48H,7-30,33-46H2,1-6H3/t47-,48-/m0/s1. The zero-order chi connectivity index (χ0) is 53.7. The Morgan fingerprint density at radius 2 is 0.658 bits per heavy atom. The number of hydrogen-bond acceptors (Lipinski definition) is 17. The molecule has 18 heteroatoms. The minimum Gasteiger partial charge on any atom is -0.465 e. The Hall–Kier alpha value is -4.29. The number of rotatable bonds is 45. The van der Waals surface area contributed by atoms with Crippen molar-refractivity contribution in [2.24, 2.45) is 0 Å². The minimum absolute atomic E-state index is 0.0580. The summed E-state index contributed by atoms with van der Waals surface area (Å²) in [4.78, 5) is 98.3. The molecule has 1 amide bonds. The van der Waals surface area contributed by atoms with Gasteiger partial charge >= 0.3 is 41.9 Å². The van der Waals surface area contributed by atoms with Crippen LogP contribution in [-0.4, -0.2) is 180 Å². The first-order valence-electron chi connectivity index (χ1n) is 28.0. The lowest BCUT2D eigenvalue weighted by molar-refractivity contribution is -0.156. The van der Waals surface area contributed by atoms with Crippen molar-refractivity contribution in [2.75, 3.05) is 106 Å². The molecule has 0 bridgehead atoms. The van der Waals surface area contributed by atoms with Gasteiger partial charge in [-0.25, -0.2) is 4.79 Å². The van der Waals surface area contributed by atoms with E-state index in [0.29, 0.717) is 32.2 Å². The van der Waals surface area contributed by atoms with E-state index in [1.165, 1.54) is 26.9 Å². The second-order valence-corrected chi connectivity index (χ2v) is 19.5. The molecule has 0 unspecified atom stereocenters. The highest BCUT2D eigenvalue weighted by Crippen LogP contribution is 2.15. The van der Waals surface area contributed by atoms with Crippen LogP contribution >= 0.6 is 0 Å². The summed E-state index contributed by atoms with van der Waals surface area (Å²) in [5.74, 6) is -3.95. The fourth-order valence-electron chi connectivity index (χ4n) is 7.89. The molecule has 422 valence electrons. The second kappa shape index (κ2) is 45.1. The van der Waals surface area contributed by atoms with E-state index < -0.39 is 67.2 Å². The van der Waals surface area contributed by atoms with Gasteiger partial charge in [0.1, 0.15) is 18.8 Å². The van der Waals surface area contributed by atoms with Crippen LogP contribution in [0, 0.1) is 0 Å². The van der Waals surface area contributed by atoms with Crippen LogP contribution in [0.1, 0.15) is 182 Å². The molecule has 1 heterocycles. The number of hydrogen-bond donors (Lipinski definition) is 0. The fraction of sp³-hybridized carbons (Fsp3) is 0.836. The van der Waals surface area contributed by atoms with Crippen molar-refractivity contribution in [3.05, 3.63) is 12.2 Å². The quantitative estimate of drug-likeness (QED) is 0.0243. The fourth-order valence-corrected chi connectivity index (χ4v) is 7.89. The van der Waals surface area contributed by atoms with Crippen LogP contribution < -0.4 is 0 Å². The van der Waals surface area contributed by atoms with Crippen molar-refractivity contribution in [1.82, 2.24) is 19.6 Å².